The topological polar surface area (TPSA) is 227 Å². The maximum absolute atomic E-state index is 14.6. The molecule has 4 aliphatic heterocycles. The maximum Gasteiger partial charge on any atom is 0.338 e. The molecule has 0 amide bonds. The number of nitrogens with zero attached hydrogens (tertiary/aromatic N) is 6. The predicted molar refractivity (Wildman–Crippen MR) is 266 cm³/mol. The van der Waals surface area contributed by atoms with Crippen LogP contribution in [0.1, 0.15) is 59.9 Å². The van der Waals surface area contributed by atoms with Gasteiger partial charge in [0.15, 0.2) is 21.7 Å². The highest BCUT2D eigenvalue weighted by Crippen LogP contribution is 2.39. The highest BCUT2D eigenvalue weighted by atomic mass is 35.5. The molecule has 4 N–H and O–H groups in total. The molecular formula is C48H50Cl2F4N8O10S2. The number of piperidine rings is 2. The number of alkyl halides is 2. The average Bonchev–Trinajstić information content (AvgIpc) is 4.09. The van der Waals surface area contributed by atoms with Crippen molar-refractivity contribution in [3.05, 3.63) is 125 Å². The van der Waals surface area contributed by atoms with Crippen molar-refractivity contribution < 1.29 is 65.9 Å². The molecule has 0 saturated carbocycles. The van der Waals surface area contributed by atoms with E-state index in [9.17, 15) is 36.7 Å². The Morgan fingerprint density at radius 3 is 1.42 bits per heavy atom. The fraction of sp³-hybridized carbons (Fsp3) is 0.417. The third-order valence-electron chi connectivity index (χ3n) is 11.5. The van der Waals surface area contributed by atoms with E-state index in [0.29, 0.717) is 44.2 Å². The second-order valence-corrected chi connectivity index (χ2v) is 19.6. The van der Waals surface area contributed by atoms with Gasteiger partial charge in [0, 0.05) is 108 Å². The molecule has 0 radical (unpaired) electrons. The van der Waals surface area contributed by atoms with Crippen LogP contribution in [0.4, 0.5) is 17.6 Å². The summed E-state index contributed by atoms with van der Waals surface area (Å²) in [5.41, 5.74) is 1.89. The van der Waals surface area contributed by atoms with E-state index in [1.165, 1.54) is 46.9 Å². The molecule has 2 aromatic heterocycles. The Bertz CT molecular complexity index is 2610. The smallest absolute Gasteiger partial charge is 0.338 e. The molecule has 0 spiro atoms. The third kappa shape index (κ3) is 14.7. The molecule has 6 atom stereocenters. The van der Waals surface area contributed by atoms with E-state index < -0.39 is 85.4 Å². The van der Waals surface area contributed by atoms with Gasteiger partial charge in [0.25, 0.3) is 0 Å². The first-order valence-electron chi connectivity index (χ1n) is 23.1. The lowest BCUT2D eigenvalue weighted by Gasteiger charge is -2.36. The molecule has 74 heavy (non-hydrogen) atoms. The molecular weight excluding hydrogens is 1060 g/mol. The number of aromatic nitrogens is 2. The zero-order valence-electron chi connectivity index (χ0n) is 39.7. The Morgan fingerprint density at radius 2 is 1.08 bits per heavy atom. The number of carboxylic acids is 2. The van der Waals surface area contributed by atoms with Gasteiger partial charge in [-0.2, -0.15) is 0 Å². The molecule has 4 aliphatic rings. The van der Waals surface area contributed by atoms with Crippen LogP contribution < -0.4 is 10.6 Å². The van der Waals surface area contributed by atoms with Crippen LogP contribution in [0.15, 0.2) is 92.1 Å². The van der Waals surface area contributed by atoms with Gasteiger partial charge in [0.1, 0.15) is 49.3 Å². The second-order valence-electron chi connectivity index (χ2n) is 16.9. The lowest BCUT2D eigenvalue weighted by molar-refractivity contribution is -0.147. The van der Waals surface area contributed by atoms with Crippen molar-refractivity contribution in [2.24, 2.45) is 9.98 Å². The van der Waals surface area contributed by atoms with Crippen LogP contribution in [0, 0.1) is 11.6 Å². The van der Waals surface area contributed by atoms with Crippen molar-refractivity contribution in [3.63, 3.8) is 0 Å². The van der Waals surface area contributed by atoms with Gasteiger partial charge in [-0.15, -0.1) is 22.7 Å². The zero-order chi connectivity index (χ0) is 53.1. The minimum absolute atomic E-state index is 0.0555. The first-order chi connectivity index (χ1) is 35.5. The minimum atomic E-state index is -1.25. The normalized spacial score (nSPS) is 22.4. The molecule has 6 heterocycles. The Hall–Kier alpha value is -5.86. The number of esters is 2. The molecule has 8 rings (SSSR count). The number of carbonyl (C=O) groups is 4. The number of rotatable bonds is 18. The number of carbonyl (C=O) groups excluding carboxylic acids is 2. The van der Waals surface area contributed by atoms with Gasteiger partial charge in [-0.05, 0) is 38.1 Å². The van der Waals surface area contributed by atoms with Crippen molar-refractivity contribution in [1.82, 2.24) is 30.4 Å². The molecule has 0 bridgehead atoms. The Balaban J connectivity index is 0.000000216. The van der Waals surface area contributed by atoms with Crippen LogP contribution >= 0.6 is 45.9 Å². The maximum atomic E-state index is 14.6. The molecule has 2 aromatic carbocycles. The number of carboxylic acid groups (broad SMARTS) is 2. The van der Waals surface area contributed by atoms with Gasteiger partial charge in [0.05, 0.1) is 36.6 Å². The van der Waals surface area contributed by atoms with E-state index in [0.717, 1.165) is 12.1 Å². The van der Waals surface area contributed by atoms with Crippen LogP contribution in [-0.4, -0.2) is 156 Å². The molecule has 4 aromatic rings. The number of halogens is 6. The molecule has 18 nitrogen and oxygen atoms in total. The number of thiazole rings is 2. The van der Waals surface area contributed by atoms with E-state index in [-0.39, 0.29) is 86.5 Å². The number of hydrogen-bond acceptors (Lipinski definition) is 18. The Morgan fingerprint density at radius 1 is 0.676 bits per heavy atom. The average molecular weight is 1110 g/mol. The van der Waals surface area contributed by atoms with Gasteiger partial charge >= 0.3 is 23.9 Å². The fourth-order valence-electron chi connectivity index (χ4n) is 8.61. The monoisotopic (exact) mass is 1110 g/mol. The molecule has 6 unspecified atom stereocenters. The Kier molecular flexibility index (Phi) is 19.7. The van der Waals surface area contributed by atoms with Gasteiger partial charge in [-0.3, -0.25) is 19.8 Å². The summed E-state index contributed by atoms with van der Waals surface area (Å²) in [4.78, 5) is 69.7. The van der Waals surface area contributed by atoms with Crippen molar-refractivity contribution in [2.45, 2.75) is 63.3 Å². The standard InChI is InChI=1S/2C24H25ClF2N4O5S/c2*1-2-35-24(34)20-18(11-31-9-14(27)7-15(10-31)36-12-19(32)33)29-22(23-28-5-6-37-23)30-21(20)16-4-3-13(26)8-17(16)25/h2*3-6,8,14-15,21H,2,7,9-12H2,1H3,(H,29,30)(H,32,33). The van der Waals surface area contributed by atoms with Crippen molar-refractivity contribution >= 4 is 81.4 Å². The summed E-state index contributed by atoms with van der Waals surface area (Å²) in [6.45, 7) is 3.25. The zero-order valence-corrected chi connectivity index (χ0v) is 42.8. The highest BCUT2D eigenvalue weighted by Gasteiger charge is 2.39. The van der Waals surface area contributed by atoms with Crippen molar-refractivity contribution in [3.8, 4) is 0 Å². The van der Waals surface area contributed by atoms with Crippen LogP contribution in [0.2, 0.25) is 10.0 Å². The number of hydrogen-bond donors (Lipinski definition) is 4. The molecule has 0 aliphatic carbocycles. The number of likely N-dealkylation sites (tertiary alicyclic amines) is 2. The minimum Gasteiger partial charge on any atom is -0.480 e. The first-order valence-corrected chi connectivity index (χ1v) is 25.6. The Labute approximate surface area is 439 Å². The summed E-state index contributed by atoms with van der Waals surface area (Å²) in [7, 11) is 0. The molecule has 2 fully saturated rings. The van der Waals surface area contributed by atoms with Gasteiger partial charge in [-0.25, -0.2) is 46.7 Å². The van der Waals surface area contributed by atoms with Crippen molar-refractivity contribution in [2.75, 3.05) is 65.7 Å². The van der Waals surface area contributed by atoms with Crippen LogP contribution in [0.3, 0.4) is 0 Å². The van der Waals surface area contributed by atoms with E-state index in [1.54, 1.807) is 46.8 Å². The number of aliphatic carboxylic acids is 2. The van der Waals surface area contributed by atoms with Crippen LogP contribution in [0.25, 0.3) is 0 Å². The van der Waals surface area contributed by atoms with Gasteiger partial charge < -0.3 is 39.8 Å². The summed E-state index contributed by atoms with van der Waals surface area (Å²) in [5.74, 6) is -3.91. The van der Waals surface area contributed by atoms with E-state index in [1.807, 2.05) is 0 Å². The lowest BCUT2D eigenvalue weighted by atomic mass is 9.94. The number of aliphatic imine (C=N–C) groups is 2. The largest absolute Gasteiger partial charge is 0.480 e. The summed E-state index contributed by atoms with van der Waals surface area (Å²) in [6.07, 6.45) is -0.418. The van der Waals surface area contributed by atoms with Crippen LogP contribution in [0.5, 0.6) is 0 Å². The van der Waals surface area contributed by atoms with Gasteiger partial charge in [0.2, 0.25) is 0 Å². The van der Waals surface area contributed by atoms with Crippen molar-refractivity contribution in [1.29, 1.82) is 0 Å². The first kappa shape index (κ1) is 55.9. The summed E-state index contributed by atoms with van der Waals surface area (Å²) < 4.78 is 78.2. The number of ether oxygens (including phenoxy) is 4. The highest BCUT2D eigenvalue weighted by molar-refractivity contribution is 7.12. The number of nitrogens with one attached hydrogen (secondary N) is 2. The second kappa shape index (κ2) is 26.1. The molecule has 26 heteroatoms. The summed E-state index contributed by atoms with van der Waals surface area (Å²) >= 11 is 15.4. The quantitative estimate of drug-likeness (QED) is 0.0600. The summed E-state index contributed by atoms with van der Waals surface area (Å²) in [5, 5.41) is 29.0. The molecule has 2 saturated heterocycles. The summed E-state index contributed by atoms with van der Waals surface area (Å²) in [6, 6.07) is 5.79. The van der Waals surface area contributed by atoms with Crippen LogP contribution in [-0.2, 0) is 38.1 Å². The number of benzene rings is 2. The van der Waals surface area contributed by atoms with E-state index in [2.05, 4.69) is 20.6 Å². The molecule has 396 valence electrons. The number of amidine groups is 2. The predicted octanol–water partition coefficient (Wildman–Crippen LogP) is 6.72. The third-order valence-corrected chi connectivity index (χ3v) is 13.8. The SMILES string of the molecule is CCOC(=O)C1=C(CN2CC(F)CC(OCC(=O)O)C2)NC(c2nccs2)=NC1c1ccc(F)cc1Cl.CCOC(=O)C1=C(CN2CC(F)CC(OCC(=O)O)C2)NC(c2nccs2)=NC1c1ccc(F)cc1Cl. The van der Waals surface area contributed by atoms with E-state index in [4.69, 9.17) is 62.3 Å². The lowest BCUT2D eigenvalue weighted by Crippen LogP contribution is -2.48. The van der Waals surface area contributed by atoms with E-state index >= 15 is 0 Å². The fourth-order valence-corrected chi connectivity index (χ4v) is 10.3. The van der Waals surface area contributed by atoms with Gasteiger partial charge in [-0.1, -0.05) is 35.3 Å².